The lowest BCUT2D eigenvalue weighted by atomic mass is 10.1. The minimum absolute atomic E-state index is 0.145. The van der Waals surface area contributed by atoms with Gasteiger partial charge in [0, 0.05) is 17.8 Å². The van der Waals surface area contributed by atoms with Crippen molar-refractivity contribution in [3.63, 3.8) is 0 Å². The molecule has 0 aliphatic heterocycles. The van der Waals surface area contributed by atoms with Crippen LogP contribution in [0.2, 0.25) is 0 Å². The fourth-order valence-corrected chi connectivity index (χ4v) is 2.09. The second kappa shape index (κ2) is 7.89. The van der Waals surface area contributed by atoms with E-state index >= 15 is 0 Å². The van der Waals surface area contributed by atoms with E-state index in [1.54, 1.807) is 25.3 Å². The van der Waals surface area contributed by atoms with Crippen molar-refractivity contribution >= 4 is 11.7 Å². The molecule has 120 valence electrons. The summed E-state index contributed by atoms with van der Waals surface area (Å²) in [4.78, 5) is 10.7. The summed E-state index contributed by atoms with van der Waals surface area (Å²) >= 11 is 0. The molecule has 2 aromatic carbocycles. The van der Waals surface area contributed by atoms with Crippen molar-refractivity contribution in [3.05, 3.63) is 66.2 Å². The van der Waals surface area contributed by atoms with Crippen molar-refractivity contribution in [3.8, 4) is 11.5 Å². The van der Waals surface area contributed by atoms with Gasteiger partial charge in [0.05, 0.1) is 13.1 Å². The first-order valence-electron chi connectivity index (χ1n) is 7.10. The van der Waals surface area contributed by atoms with E-state index in [2.05, 4.69) is 11.9 Å². The van der Waals surface area contributed by atoms with Crippen molar-refractivity contribution in [1.29, 1.82) is 0 Å². The molecule has 0 unspecified atom stereocenters. The maximum atomic E-state index is 10.7. The van der Waals surface area contributed by atoms with Gasteiger partial charge in [-0.25, -0.2) is 0 Å². The zero-order chi connectivity index (χ0) is 16.7. The number of benzene rings is 2. The highest BCUT2D eigenvalue weighted by Crippen LogP contribution is 2.31. The maximum Gasteiger partial charge on any atom is 0.166 e. The summed E-state index contributed by atoms with van der Waals surface area (Å²) in [6.45, 7) is 4.53. The lowest BCUT2D eigenvalue weighted by Gasteiger charge is -2.15. The third kappa shape index (κ3) is 4.26. The molecule has 0 radical (unpaired) electrons. The Morgan fingerprint density at radius 2 is 2.00 bits per heavy atom. The minimum atomic E-state index is -1.19. The van der Waals surface area contributed by atoms with Crippen LogP contribution < -0.4 is 19.9 Å². The summed E-state index contributed by atoms with van der Waals surface area (Å²) in [5, 5.41) is 14.0. The van der Waals surface area contributed by atoms with Crippen LogP contribution in [0, 0.1) is 0 Å². The molecule has 23 heavy (non-hydrogen) atoms. The molecular weight excluding hydrogens is 294 g/mol. The summed E-state index contributed by atoms with van der Waals surface area (Å²) in [7, 11) is 1.59. The highest BCUT2D eigenvalue weighted by atomic mass is 16.5. The lowest BCUT2D eigenvalue weighted by molar-refractivity contribution is -0.255. The van der Waals surface area contributed by atoms with Crippen LogP contribution in [-0.4, -0.2) is 19.7 Å². The van der Waals surface area contributed by atoms with Gasteiger partial charge in [-0.1, -0.05) is 36.9 Å². The fourth-order valence-electron chi connectivity index (χ4n) is 2.09. The Morgan fingerprint density at radius 3 is 2.61 bits per heavy atom. The predicted molar refractivity (Wildman–Crippen MR) is 86.8 cm³/mol. The van der Waals surface area contributed by atoms with Gasteiger partial charge in [-0.2, -0.15) is 0 Å². The number of aromatic carboxylic acids is 1. The molecule has 0 amide bonds. The number of carboxylic acids is 1. The summed E-state index contributed by atoms with van der Waals surface area (Å²) in [5.74, 6) is 0.122. The Kier molecular flexibility index (Phi) is 5.63. The summed E-state index contributed by atoms with van der Waals surface area (Å²) in [6, 6.07) is 12.0. The Labute approximate surface area is 135 Å². The van der Waals surface area contributed by atoms with Crippen LogP contribution in [0.3, 0.4) is 0 Å². The Hall–Kier alpha value is -2.95. The average molecular weight is 312 g/mol. The molecule has 0 heterocycles. The van der Waals surface area contributed by atoms with E-state index in [1.807, 2.05) is 18.2 Å². The van der Waals surface area contributed by atoms with E-state index in [1.165, 1.54) is 12.1 Å². The van der Waals surface area contributed by atoms with E-state index < -0.39 is 5.97 Å². The van der Waals surface area contributed by atoms with E-state index in [-0.39, 0.29) is 5.56 Å². The topological polar surface area (TPSA) is 70.6 Å². The monoisotopic (exact) mass is 312 g/mol. The number of methoxy groups -OCH3 is 1. The van der Waals surface area contributed by atoms with Crippen LogP contribution in [0.25, 0.3) is 0 Å². The zero-order valence-corrected chi connectivity index (χ0v) is 12.9. The fraction of sp³-hybridized carbons (Fsp3) is 0.167. The third-order valence-electron chi connectivity index (χ3n) is 3.23. The Morgan fingerprint density at radius 1 is 1.26 bits per heavy atom. The van der Waals surface area contributed by atoms with Gasteiger partial charge < -0.3 is 24.7 Å². The van der Waals surface area contributed by atoms with Gasteiger partial charge in [-0.15, -0.1) is 0 Å². The average Bonchev–Trinajstić information content (AvgIpc) is 2.58. The van der Waals surface area contributed by atoms with E-state index in [9.17, 15) is 9.90 Å². The van der Waals surface area contributed by atoms with Gasteiger partial charge in [0.2, 0.25) is 0 Å². The maximum absolute atomic E-state index is 10.7. The molecule has 0 spiro atoms. The number of carbonyl (C=O) groups excluding carboxylic acids is 1. The number of para-hydroxylation sites is 1. The number of hydrogen-bond acceptors (Lipinski definition) is 5. The van der Waals surface area contributed by atoms with Crippen molar-refractivity contribution in [2.75, 3.05) is 19.0 Å². The van der Waals surface area contributed by atoms with Crippen LogP contribution in [0.5, 0.6) is 11.5 Å². The molecule has 0 saturated carbocycles. The zero-order valence-electron chi connectivity index (χ0n) is 12.9. The normalized spacial score (nSPS) is 9.96. The molecule has 0 bridgehead atoms. The van der Waals surface area contributed by atoms with Gasteiger partial charge in [0.1, 0.15) is 6.61 Å². The van der Waals surface area contributed by atoms with E-state index in [0.29, 0.717) is 24.7 Å². The van der Waals surface area contributed by atoms with Crippen LogP contribution in [0.4, 0.5) is 5.69 Å². The second-order valence-electron chi connectivity index (χ2n) is 4.77. The molecule has 0 saturated heterocycles. The first-order chi connectivity index (χ1) is 11.2. The Bertz CT molecular complexity index is 680. The van der Waals surface area contributed by atoms with Crippen LogP contribution in [0.15, 0.2) is 55.1 Å². The van der Waals surface area contributed by atoms with Gasteiger partial charge in [0.25, 0.3) is 0 Å². The molecule has 2 rings (SSSR count). The Balaban J connectivity index is 2.12. The molecule has 0 aliphatic carbocycles. The quantitative estimate of drug-likeness (QED) is 0.757. The molecule has 0 aliphatic rings. The number of carbonyl (C=O) groups is 1. The molecule has 1 N–H and O–H groups in total. The van der Waals surface area contributed by atoms with Crippen LogP contribution >= 0.6 is 0 Å². The number of carboxylic acid groups (broad SMARTS) is 1. The number of ether oxygens (including phenoxy) is 2. The van der Waals surface area contributed by atoms with Crippen LogP contribution in [0.1, 0.15) is 15.9 Å². The number of hydrogen-bond donors (Lipinski definition) is 1. The molecular formula is C18H18NO4-. The lowest BCUT2D eigenvalue weighted by Crippen LogP contribution is -2.21. The molecule has 5 heteroatoms. The summed E-state index contributed by atoms with van der Waals surface area (Å²) in [5.41, 5.74) is 1.87. The predicted octanol–water partition coefficient (Wildman–Crippen LogP) is 2.24. The molecule has 5 nitrogen and oxygen atoms in total. The van der Waals surface area contributed by atoms with E-state index in [0.717, 1.165) is 11.3 Å². The van der Waals surface area contributed by atoms with Crippen molar-refractivity contribution < 1.29 is 19.4 Å². The van der Waals surface area contributed by atoms with Crippen molar-refractivity contribution in [2.45, 2.75) is 6.54 Å². The van der Waals surface area contributed by atoms with Gasteiger partial charge in [0.15, 0.2) is 11.5 Å². The summed E-state index contributed by atoms with van der Waals surface area (Å²) < 4.78 is 11.0. The third-order valence-corrected chi connectivity index (χ3v) is 3.23. The SMILES string of the molecule is C=CCOc1c(CNc2ccc(C(=O)[O-])cc2)cccc1OC. The number of anilines is 1. The minimum Gasteiger partial charge on any atom is -0.545 e. The highest BCUT2D eigenvalue weighted by Gasteiger charge is 2.10. The van der Waals surface area contributed by atoms with E-state index in [4.69, 9.17) is 9.47 Å². The first kappa shape index (κ1) is 16.4. The molecule has 0 atom stereocenters. The first-order valence-corrected chi connectivity index (χ1v) is 7.10. The number of rotatable bonds is 8. The standard InChI is InChI=1S/C18H19NO4/c1-3-11-23-17-14(5-4-6-16(17)22-2)12-19-15-9-7-13(8-10-15)18(20)21/h3-10,19H,1,11-12H2,2H3,(H,20,21)/p-1. The van der Waals surface area contributed by atoms with Gasteiger partial charge >= 0.3 is 0 Å². The van der Waals surface area contributed by atoms with Gasteiger partial charge in [-0.3, -0.25) is 0 Å². The largest absolute Gasteiger partial charge is 0.545 e. The van der Waals surface area contributed by atoms with Crippen LogP contribution in [-0.2, 0) is 6.54 Å². The van der Waals surface area contributed by atoms with Gasteiger partial charge in [-0.05, 0) is 23.8 Å². The summed E-state index contributed by atoms with van der Waals surface area (Å²) in [6.07, 6.45) is 1.67. The van der Waals surface area contributed by atoms with Crippen molar-refractivity contribution in [1.82, 2.24) is 0 Å². The highest BCUT2D eigenvalue weighted by molar-refractivity contribution is 5.86. The molecule has 0 fully saturated rings. The smallest absolute Gasteiger partial charge is 0.166 e. The molecule has 2 aromatic rings. The molecule has 0 aromatic heterocycles. The van der Waals surface area contributed by atoms with Crippen molar-refractivity contribution in [2.24, 2.45) is 0 Å². The number of nitrogens with one attached hydrogen (secondary N) is 1. The second-order valence-corrected chi connectivity index (χ2v) is 4.77.